The second-order valence-corrected chi connectivity index (χ2v) is 7.54. The molecule has 136 valence electrons. The molecule has 8 nitrogen and oxygen atoms in total. The van der Waals surface area contributed by atoms with Gasteiger partial charge in [0, 0.05) is 18.7 Å². The minimum absolute atomic E-state index is 0.0743. The summed E-state index contributed by atoms with van der Waals surface area (Å²) in [6, 6.07) is 8.05. The average Bonchev–Trinajstić information content (AvgIpc) is 3.25. The van der Waals surface area contributed by atoms with Crippen molar-refractivity contribution in [2.24, 2.45) is 12.0 Å². The van der Waals surface area contributed by atoms with Crippen molar-refractivity contribution in [1.29, 1.82) is 0 Å². The maximum Gasteiger partial charge on any atom is 0.279 e. The van der Waals surface area contributed by atoms with E-state index in [0.717, 1.165) is 10.2 Å². The predicted molar refractivity (Wildman–Crippen MR) is 104 cm³/mol. The number of aromatic nitrogens is 2. The van der Waals surface area contributed by atoms with Gasteiger partial charge in [0.1, 0.15) is 5.52 Å². The Balaban J connectivity index is 1.86. The summed E-state index contributed by atoms with van der Waals surface area (Å²) in [7, 11) is 3.19. The zero-order chi connectivity index (χ0) is 19.1. The molecule has 2 aromatic carbocycles. The van der Waals surface area contributed by atoms with E-state index >= 15 is 0 Å². The first kappa shape index (κ1) is 17.3. The topological polar surface area (TPSA) is 99.6 Å². The van der Waals surface area contributed by atoms with Gasteiger partial charge >= 0.3 is 0 Å². The second-order valence-electron chi connectivity index (χ2n) is 5.65. The number of hydrogen-bond acceptors (Lipinski definition) is 7. The Kier molecular flexibility index (Phi) is 4.21. The Labute approximate surface area is 160 Å². The van der Waals surface area contributed by atoms with Crippen LogP contribution in [0.3, 0.4) is 0 Å². The van der Waals surface area contributed by atoms with Gasteiger partial charge in [-0.05, 0) is 18.2 Å². The van der Waals surface area contributed by atoms with Gasteiger partial charge in [0.2, 0.25) is 0 Å². The summed E-state index contributed by atoms with van der Waals surface area (Å²) in [6.45, 7) is 0. The minimum Gasteiger partial charge on any atom is -0.494 e. The molecule has 0 saturated heterocycles. The fourth-order valence-corrected chi connectivity index (χ4v) is 4.52. The average molecular weight is 400 g/mol. The molecule has 10 heteroatoms. The molecule has 0 aliphatic carbocycles. The molecule has 1 amide bonds. The van der Waals surface area contributed by atoms with Crippen LogP contribution in [0.25, 0.3) is 20.4 Å². The number of hydrogen-bond donors (Lipinski definition) is 0. The maximum atomic E-state index is 12.6. The summed E-state index contributed by atoms with van der Waals surface area (Å²) in [5.74, 6) is -0.0288. The first-order chi connectivity index (χ1) is 13.0. The van der Waals surface area contributed by atoms with Crippen molar-refractivity contribution in [3.63, 3.8) is 0 Å². The van der Waals surface area contributed by atoms with Crippen molar-refractivity contribution in [2.45, 2.75) is 0 Å². The molecule has 0 aliphatic rings. The lowest BCUT2D eigenvalue weighted by molar-refractivity contribution is -0.384. The summed E-state index contributed by atoms with van der Waals surface area (Å²) in [6.07, 6.45) is 0. The summed E-state index contributed by atoms with van der Waals surface area (Å²) in [4.78, 5) is 32.1. The molecular formula is C17H12N4O4S2. The number of aryl methyl sites for hydroxylation is 1. The number of fused-ring (bicyclic) bond motifs is 2. The van der Waals surface area contributed by atoms with Gasteiger partial charge in [-0.1, -0.05) is 11.3 Å². The molecule has 0 radical (unpaired) electrons. The number of rotatable bonds is 3. The summed E-state index contributed by atoms with van der Waals surface area (Å²) < 4.78 is 8.52. The van der Waals surface area contributed by atoms with Crippen molar-refractivity contribution < 1.29 is 14.5 Å². The maximum absolute atomic E-state index is 12.6. The van der Waals surface area contributed by atoms with E-state index in [2.05, 4.69) is 9.98 Å². The van der Waals surface area contributed by atoms with Gasteiger partial charge in [-0.15, -0.1) is 11.3 Å². The van der Waals surface area contributed by atoms with Crippen LogP contribution in [0.5, 0.6) is 5.75 Å². The van der Waals surface area contributed by atoms with E-state index in [9.17, 15) is 14.9 Å². The van der Waals surface area contributed by atoms with Crippen molar-refractivity contribution in [2.75, 3.05) is 7.11 Å². The van der Waals surface area contributed by atoms with Crippen LogP contribution in [-0.2, 0) is 7.05 Å². The van der Waals surface area contributed by atoms with E-state index in [1.165, 1.54) is 41.9 Å². The molecule has 0 saturated carbocycles. The summed E-state index contributed by atoms with van der Waals surface area (Å²) >= 11 is 2.65. The Hall–Kier alpha value is -3.11. The van der Waals surface area contributed by atoms with Crippen molar-refractivity contribution in [1.82, 2.24) is 9.55 Å². The van der Waals surface area contributed by atoms with Crippen LogP contribution in [0.15, 0.2) is 40.8 Å². The standard InChI is InChI=1S/C17H12N4O4S2/c1-20-15-12(25-2)6-10(21(23)24)7-14(15)27-17(20)19-16(22)9-3-4-11-13(5-9)26-8-18-11/h3-8H,1-2H3. The van der Waals surface area contributed by atoms with E-state index in [-0.39, 0.29) is 11.6 Å². The quantitative estimate of drug-likeness (QED) is 0.387. The minimum atomic E-state index is -0.478. The molecule has 27 heavy (non-hydrogen) atoms. The molecular weight excluding hydrogens is 388 g/mol. The fraction of sp³-hybridized carbons (Fsp3) is 0.118. The van der Waals surface area contributed by atoms with E-state index in [0.29, 0.717) is 26.3 Å². The number of benzene rings is 2. The van der Waals surface area contributed by atoms with E-state index in [1.54, 1.807) is 35.3 Å². The fourth-order valence-electron chi connectivity index (χ4n) is 2.74. The van der Waals surface area contributed by atoms with E-state index in [1.807, 2.05) is 0 Å². The van der Waals surface area contributed by atoms with Crippen LogP contribution in [0.2, 0.25) is 0 Å². The molecule has 2 heterocycles. The number of methoxy groups -OCH3 is 1. The summed E-state index contributed by atoms with van der Waals surface area (Å²) in [5.41, 5.74) is 3.59. The molecule has 0 unspecified atom stereocenters. The Morgan fingerprint density at radius 1 is 1.30 bits per heavy atom. The highest BCUT2D eigenvalue weighted by Gasteiger charge is 2.17. The van der Waals surface area contributed by atoms with Crippen molar-refractivity contribution in [3.8, 4) is 5.75 Å². The lowest BCUT2D eigenvalue weighted by atomic mass is 10.2. The number of ether oxygens (including phenoxy) is 1. The highest BCUT2D eigenvalue weighted by atomic mass is 32.1. The second kappa shape index (κ2) is 6.56. The Morgan fingerprint density at radius 2 is 2.11 bits per heavy atom. The highest BCUT2D eigenvalue weighted by molar-refractivity contribution is 7.17. The Morgan fingerprint density at radius 3 is 2.85 bits per heavy atom. The summed E-state index contributed by atoms with van der Waals surface area (Å²) in [5, 5.41) is 11.1. The van der Waals surface area contributed by atoms with Gasteiger partial charge in [-0.3, -0.25) is 14.9 Å². The predicted octanol–water partition coefficient (Wildman–Crippen LogP) is 3.51. The first-order valence-corrected chi connectivity index (χ1v) is 9.42. The van der Waals surface area contributed by atoms with Crippen LogP contribution in [0.4, 0.5) is 5.69 Å². The first-order valence-electron chi connectivity index (χ1n) is 7.72. The normalized spacial score (nSPS) is 12.0. The molecule has 0 spiro atoms. The number of non-ortho nitro benzene ring substituents is 1. The van der Waals surface area contributed by atoms with Crippen molar-refractivity contribution in [3.05, 3.63) is 56.3 Å². The van der Waals surface area contributed by atoms with Gasteiger partial charge in [0.05, 0.1) is 38.5 Å². The van der Waals surface area contributed by atoms with E-state index in [4.69, 9.17) is 4.74 Å². The van der Waals surface area contributed by atoms with Crippen LogP contribution in [0.1, 0.15) is 10.4 Å². The third-order valence-corrected chi connectivity index (χ3v) is 5.93. The molecule has 0 N–H and O–H groups in total. The molecule has 4 aromatic rings. The lowest BCUT2D eigenvalue weighted by Crippen LogP contribution is -2.13. The molecule has 4 rings (SSSR count). The monoisotopic (exact) mass is 400 g/mol. The molecule has 0 fully saturated rings. The van der Waals surface area contributed by atoms with Gasteiger partial charge in [-0.2, -0.15) is 4.99 Å². The van der Waals surface area contributed by atoms with Gasteiger partial charge in [-0.25, -0.2) is 4.98 Å². The highest BCUT2D eigenvalue weighted by Crippen LogP contribution is 2.32. The van der Waals surface area contributed by atoms with Crippen LogP contribution >= 0.6 is 22.7 Å². The number of nitrogens with zero attached hydrogens (tertiary/aromatic N) is 4. The number of nitro benzene ring substituents is 1. The number of amides is 1. The van der Waals surface area contributed by atoms with Crippen LogP contribution < -0.4 is 9.54 Å². The third-order valence-electron chi connectivity index (χ3n) is 4.05. The number of carbonyl (C=O) groups is 1. The molecule has 0 aliphatic heterocycles. The zero-order valence-corrected chi connectivity index (χ0v) is 15.8. The number of carbonyl (C=O) groups excluding carboxylic acids is 1. The number of thiazole rings is 2. The zero-order valence-electron chi connectivity index (χ0n) is 14.2. The SMILES string of the molecule is COc1cc([N+](=O)[O-])cc2sc(=NC(=O)c3ccc4ncsc4c3)n(C)c12. The molecule has 2 aromatic heterocycles. The Bertz CT molecular complexity index is 1290. The van der Waals surface area contributed by atoms with Gasteiger partial charge in [0.15, 0.2) is 10.6 Å². The van der Waals surface area contributed by atoms with Crippen LogP contribution in [0, 0.1) is 10.1 Å². The van der Waals surface area contributed by atoms with Crippen molar-refractivity contribution >= 4 is 54.7 Å². The smallest absolute Gasteiger partial charge is 0.279 e. The largest absolute Gasteiger partial charge is 0.494 e. The molecule has 0 bridgehead atoms. The third kappa shape index (κ3) is 2.98. The molecule has 0 atom stereocenters. The lowest BCUT2D eigenvalue weighted by Gasteiger charge is -2.04. The van der Waals surface area contributed by atoms with Gasteiger partial charge in [0.25, 0.3) is 11.6 Å². The van der Waals surface area contributed by atoms with Crippen LogP contribution in [-0.4, -0.2) is 27.5 Å². The van der Waals surface area contributed by atoms with E-state index < -0.39 is 4.92 Å². The van der Waals surface area contributed by atoms with Gasteiger partial charge < -0.3 is 9.30 Å². The number of nitro groups is 1.